The minimum atomic E-state index is -2.36. The third-order valence-electron chi connectivity index (χ3n) is 6.52. The van der Waals surface area contributed by atoms with Gasteiger partial charge in [0.1, 0.15) is 0 Å². The van der Waals surface area contributed by atoms with Crippen molar-refractivity contribution in [2.75, 3.05) is 0 Å². The number of halogens is 3. The number of rotatable bonds is 6. The molecule has 1 saturated heterocycles. The van der Waals surface area contributed by atoms with Gasteiger partial charge in [0, 0.05) is 40.2 Å². The largest absolute Gasteiger partial charge is 0.312 e. The Morgan fingerprint density at radius 1 is 0.867 bits per heavy atom. The third kappa shape index (κ3) is 4.82. The Bertz CT molecular complexity index is 808. The number of benzene rings is 2. The van der Waals surface area contributed by atoms with Gasteiger partial charge in [-0.2, -0.15) is 0 Å². The molecule has 0 N–H and O–H groups in total. The van der Waals surface area contributed by atoms with Gasteiger partial charge in [-0.05, 0) is 55.2 Å². The maximum absolute atomic E-state index is 7.74. The summed E-state index contributed by atoms with van der Waals surface area (Å²) in [6.45, 7) is 3.99. The maximum Gasteiger partial charge on any atom is 0.312 e. The van der Waals surface area contributed by atoms with Crippen molar-refractivity contribution in [3.05, 3.63) is 80.8 Å². The first-order valence-corrected chi connectivity index (χ1v) is 15.5. The van der Waals surface area contributed by atoms with Gasteiger partial charge in [0.25, 0.3) is 0 Å². The van der Waals surface area contributed by atoms with Gasteiger partial charge in [-0.1, -0.05) is 81.1 Å². The minimum Gasteiger partial charge on any atom is -0.291 e. The van der Waals surface area contributed by atoms with E-state index in [0.29, 0.717) is 12.1 Å². The molecule has 1 aliphatic carbocycles. The maximum atomic E-state index is 7.74. The molecule has 0 radical (unpaired) electrons. The second kappa shape index (κ2) is 10.0. The van der Waals surface area contributed by atoms with Crippen LogP contribution in [0.3, 0.4) is 0 Å². The lowest BCUT2D eigenvalue weighted by Gasteiger charge is -2.37. The molecular weight excluding hydrogens is 540 g/mol. The normalized spacial score (nSPS) is 24.4. The van der Waals surface area contributed by atoms with Crippen LogP contribution < -0.4 is 0 Å². The van der Waals surface area contributed by atoms with Crippen molar-refractivity contribution in [2.24, 2.45) is 0 Å². The van der Waals surface area contributed by atoms with Crippen LogP contribution in [0.5, 0.6) is 0 Å². The molecule has 0 spiro atoms. The molecule has 160 valence electrons. The van der Waals surface area contributed by atoms with Crippen molar-refractivity contribution in [3.8, 4) is 0 Å². The summed E-state index contributed by atoms with van der Waals surface area (Å²) in [7, 11) is -2.36. The van der Waals surface area contributed by atoms with Gasteiger partial charge in [0.15, 0.2) is 0 Å². The third-order valence-corrected chi connectivity index (χ3v) is 12.8. The molecule has 0 amide bonds. The van der Waals surface area contributed by atoms with E-state index in [9.17, 15) is 0 Å². The van der Waals surface area contributed by atoms with Crippen LogP contribution in [0.15, 0.2) is 69.6 Å². The first-order chi connectivity index (χ1) is 14.5. The zero-order valence-electron chi connectivity index (χ0n) is 17.4. The van der Waals surface area contributed by atoms with E-state index < -0.39 is 7.71 Å². The predicted octanol–water partition coefficient (Wildman–Crippen LogP) is 7.59. The molecule has 1 heterocycles. The lowest BCUT2D eigenvalue weighted by atomic mass is 9.90. The fraction of sp³-hybridized carbons (Fsp3) is 0.417. The molecule has 2 aliphatic rings. The monoisotopic (exact) mass is 566 g/mol. The molecule has 0 aromatic heterocycles. The molecule has 4 rings (SSSR count). The Morgan fingerprint density at radius 3 is 1.70 bits per heavy atom. The average Bonchev–Trinajstić information content (AvgIpc) is 2.98. The van der Waals surface area contributed by atoms with Crippen LogP contribution in [-0.4, -0.2) is 28.9 Å². The number of hydrogen-bond acceptors (Lipinski definition) is 2. The predicted molar refractivity (Wildman–Crippen MR) is 137 cm³/mol. The van der Waals surface area contributed by atoms with Crippen molar-refractivity contribution in [1.82, 2.24) is 9.13 Å². The molecule has 6 heteroatoms. The van der Waals surface area contributed by atoms with E-state index in [1.807, 2.05) is 0 Å². The summed E-state index contributed by atoms with van der Waals surface area (Å²) in [4.78, 5) is 0. The molecule has 2 aromatic carbocycles. The first kappa shape index (κ1) is 22.7. The van der Waals surface area contributed by atoms with Crippen LogP contribution in [0, 0.1) is 0 Å². The van der Waals surface area contributed by atoms with E-state index in [2.05, 4.69) is 109 Å². The Kier molecular flexibility index (Phi) is 7.59. The molecule has 1 saturated carbocycles. The molecule has 2 atom stereocenters. The van der Waals surface area contributed by atoms with E-state index in [4.69, 9.17) is 11.1 Å². The second-order valence-corrected chi connectivity index (χ2v) is 15.1. The molecule has 0 bridgehead atoms. The highest BCUT2D eigenvalue weighted by atomic mass is 79.9. The molecule has 1 aliphatic heterocycles. The van der Waals surface area contributed by atoms with Gasteiger partial charge < -0.3 is 0 Å². The van der Waals surface area contributed by atoms with Crippen molar-refractivity contribution in [2.45, 2.75) is 63.8 Å². The van der Waals surface area contributed by atoms with Gasteiger partial charge in [0.05, 0.1) is 0 Å². The summed E-state index contributed by atoms with van der Waals surface area (Å²) in [6.07, 6.45) is 9.60. The minimum absolute atomic E-state index is 0.562. The van der Waals surface area contributed by atoms with Gasteiger partial charge in [-0.15, -0.1) is 11.1 Å². The van der Waals surface area contributed by atoms with E-state index in [0.717, 1.165) is 28.1 Å². The number of hydrogen-bond donors (Lipinski definition) is 0. The van der Waals surface area contributed by atoms with Gasteiger partial charge in [-0.25, -0.2) is 0 Å². The Morgan fingerprint density at radius 2 is 1.30 bits per heavy atom. The lowest BCUT2D eigenvalue weighted by Crippen LogP contribution is -2.55. The zero-order valence-corrected chi connectivity index (χ0v) is 22.3. The summed E-state index contributed by atoms with van der Waals surface area (Å²) in [5.41, 5.74) is 2.71. The fourth-order valence-electron chi connectivity index (χ4n) is 5.04. The van der Waals surface area contributed by atoms with Crippen LogP contribution in [0.1, 0.15) is 43.7 Å². The summed E-state index contributed by atoms with van der Waals surface area (Å²) in [5.74, 6) is 0. The van der Waals surface area contributed by atoms with Gasteiger partial charge >= 0.3 is 7.71 Å². The van der Waals surface area contributed by atoms with Crippen LogP contribution >= 0.6 is 42.9 Å². The molecule has 2 fully saturated rings. The quantitative estimate of drug-likeness (QED) is 0.201. The standard InChI is InChI=1S/C24H29Br2ClN2Si/c1-2-3-16-30(27)28(17-19-8-12-21(25)13-9-19)23-6-4-5-7-24(23)29(30)18-20-10-14-22(26)15-11-20/h2-3,8-15,23-24H,4-7,16-18H2,1H3/b3-2+/t23-,24-/m0/s1. The molecule has 2 nitrogen and oxygen atoms in total. The van der Waals surface area contributed by atoms with Crippen LogP contribution in [0.4, 0.5) is 0 Å². The highest BCUT2D eigenvalue weighted by molar-refractivity contribution is 9.10. The summed E-state index contributed by atoms with van der Waals surface area (Å²) >= 11 is 14.9. The van der Waals surface area contributed by atoms with Crippen molar-refractivity contribution < 1.29 is 0 Å². The lowest BCUT2D eigenvalue weighted by molar-refractivity contribution is 0.197. The van der Waals surface area contributed by atoms with E-state index >= 15 is 0 Å². The molecule has 2 aromatic rings. The Labute approximate surface area is 203 Å². The first-order valence-electron chi connectivity index (χ1n) is 10.8. The number of nitrogens with zero attached hydrogens (tertiary/aromatic N) is 2. The van der Waals surface area contributed by atoms with E-state index in [1.54, 1.807) is 0 Å². The number of allylic oxidation sites excluding steroid dienone is 2. The molecule has 0 unspecified atom stereocenters. The summed E-state index contributed by atoms with van der Waals surface area (Å²) in [5, 5.41) is 0. The second-order valence-electron chi connectivity index (χ2n) is 8.42. The molecular formula is C24H29Br2ClN2Si. The average molecular weight is 569 g/mol. The van der Waals surface area contributed by atoms with Crippen LogP contribution in [-0.2, 0) is 13.1 Å². The van der Waals surface area contributed by atoms with E-state index in [-0.39, 0.29) is 0 Å². The summed E-state index contributed by atoms with van der Waals surface area (Å²) in [6, 6.07) is 19.6. The highest BCUT2D eigenvalue weighted by Gasteiger charge is 2.58. The van der Waals surface area contributed by atoms with Crippen LogP contribution in [0.2, 0.25) is 6.04 Å². The van der Waals surface area contributed by atoms with E-state index in [1.165, 1.54) is 36.8 Å². The van der Waals surface area contributed by atoms with Crippen molar-refractivity contribution in [3.63, 3.8) is 0 Å². The SMILES string of the molecule is C/C=C/C[Si]1(Cl)N(Cc2ccc(Br)cc2)[C@H]2CCCC[C@@H]2N1Cc1ccc(Br)cc1. The van der Waals surface area contributed by atoms with Gasteiger partial charge in [-0.3, -0.25) is 9.13 Å². The summed E-state index contributed by atoms with van der Waals surface area (Å²) < 4.78 is 7.70. The Balaban J connectivity index is 1.69. The van der Waals surface area contributed by atoms with Gasteiger partial charge in [0.2, 0.25) is 0 Å². The highest BCUT2D eigenvalue weighted by Crippen LogP contribution is 2.45. The topological polar surface area (TPSA) is 6.48 Å². The number of fused-ring (bicyclic) bond motifs is 1. The fourth-order valence-corrected chi connectivity index (χ4v) is 10.8. The van der Waals surface area contributed by atoms with Crippen molar-refractivity contribution >= 4 is 50.6 Å². The van der Waals surface area contributed by atoms with Crippen molar-refractivity contribution in [1.29, 1.82) is 0 Å². The molecule has 30 heavy (non-hydrogen) atoms. The van der Waals surface area contributed by atoms with Crippen LogP contribution in [0.25, 0.3) is 0 Å². The smallest absolute Gasteiger partial charge is 0.291 e. The Hall–Kier alpha value is -0.433. The zero-order chi connectivity index (χ0) is 21.1.